The zero-order chi connectivity index (χ0) is 17.5. The summed E-state index contributed by atoms with van der Waals surface area (Å²) in [5.74, 6) is -0.545. The van der Waals surface area contributed by atoms with Crippen molar-refractivity contribution in [1.82, 2.24) is 0 Å². The molecule has 0 radical (unpaired) electrons. The molecular weight excluding hydrogens is 312 g/mol. The largest absolute Gasteiger partial charge is 0.423 e. The number of esters is 1. The number of carbonyl (C=O) groups is 2. The minimum Gasteiger partial charge on any atom is -0.423 e. The zero-order valence-corrected chi connectivity index (χ0v) is 12.8. The number of non-ortho nitro benzene ring substituents is 1. The first-order chi connectivity index (χ1) is 11.4. The fourth-order valence-electron chi connectivity index (χ4n) is 1.83. The summed E-state index contributed by atoms with van der Waals surface area (Å²) < 4.78 is 5.04. The maximum Gasteiger partial charge on any atom is 0.336 e. The molecule has 2 aromatic carbocycles. The Labute approximate surface area is 137 Å². The summed E-state index contributed by atoms with van der Waals surface area (Å²) in [5, 5.41) is 13.2. The number of rotatable bonds is 5. The molecule has 0 fully saturated rings. The summed E-state index contributed by atoms with van der Waals surface area (Å²) in [4.78, 5) is 32.6. The summed E-state index contributed by atoms with van der Waals surface area (Å²) in [6, 6.07) is 12.1. The molecule has 0 spiro atoms. The van der Waals surface area contributed by atoms with Crippen molar-refractivity contribution in [2.24, 2.45) is 0 Å². The number of nitrogens with zero attached hydrogens (tertiary/aromatic N) is 1. The molecule has 0 unspecified atom stereocenters. The number of amides is 1. The van der Waals surface area contributed by atoms with Crippen molar-refractivity contribution in [3.8, 4) is 5.75 Å². The minimum atomic E-state index is -0.602. The van der Waals surface area contributed by atoms with E-state index < -0.39 is 10.9 Å². The lowest BCUT2D eigenvalue weighted by atomic mass is 10.2. The molecule has 0 aliphatic rings. The van der Waals surface area contributed by atoms with E-state index in [0.29, 0.717) is 5.69 Å². The highest BCUT2D eigenvalue weighted by Gasteiger charge is 2.06. The maximum atomic E-state index is 11.7. The van der Waals surface area contributed by atoms with Gasteiger partial charge in [0.2, 0.25) is 5.91 Å². The van der Waals surface area contributed by atoms with Gasteiger partial charge in [-0.2, -0.15) is 0 Å². The van der Waals surface area contributed by atoms with Crippen LogP contribution in [0.3, 0.4) is 0 Å². The highest BCUT2D eigenvalue weighted by atomic mass is 16.6. The Morgan fingerprint density at radius 3 is 2.25 bits per heavy atom. The summed E-state index contributed by atoms with van der Waals surface area (Å²) >= 11 is 0. The second kappa shape index (κ2) is 7.68. The summed E-state index contributed by atoms with van der Waals surface area (Å²) in [5.41, 5.74) is 1.34. The molecule has 0 aromatic heterocycles. The number of nitro groups is 1. The van der Waals surface area contributed by atoms with Gasteiger partial charge < -0.3 is 10.1 Å². The van der Waals surface area contributed by atoms with Crippen LogP contribution in [0, 0.1) is 10.1 Å². The van der Waals surface area contributed by atoms with Crippen LogP contribution in [0.1, 0.15) is 12.5 Å². The average Bonchev–Trinajstić information content (AvgIpc) is 2.54. The van der Waals surface area contributed by atoms with Crippen molar-refractivity contribution in [3.05, 3.63) is 70.3 Å². The average molecular weight is 326 g/mol. The maximum absolute atomic E-state index is 11.7. The number of anilines is 1. The molecule has 2 aromatic rings. The van der Waals surface area contributed by atoms with Gasteiger partial charge in [0.1, 0.15) is 5.75 Å². The van der Waals surface area contributed by atoms with Gasteiger partial charge in [-0.05, 0) is 35.9 Å². The second-order valence-corrected chi connectivity index (χ2v) is 4.81. The van der Waals surface area contributed by atoms with Crippen molar-refractivity contribution in [2.75, 3.05) is 5.32 Å². The summed E-state index contributed by atoms with van der Waals surface area (Å²) in [7, 11) is 0. The Hall–Kier alpha value is -3.48. The van der Waals surface area contributed by atoms with Gasteiger partial charge in [0.25, 0.3) is 5.69 Å². The lowest BCUT2D eigenvalue weighted by Crippen LogP contribution is -2.05. The standard InChI is InChI=1S/C17H14N2O5/c1-12(20)18-14-5-2-13(3-6-14)4-11-17(21)24-16-9-7-15(8-10-16)19(22)23/h2-11H,1H3,(H,18,20). The van der Waals surface area contributed by atoms with Gasteiger partial charge in [-0.3, -0.25) is 14.9 Å². The van der Waals surface area contributed by atoms with Crippen molar-refractivity contribution in [3.63, 3.8) is 0 Å². The molecule has 1 N–H and O–H groups in total. The summed E-state index contributed by atoms with van der Waals surface area (Å²) in [6.45, 7) is 1.42. The van der Waals surface area contributed by atoms with E-state index in [1.807, 2.05) is 0 Å². The third kappa shape index (κ3) is 5.06. The Balaban J connectivity index is 1.94. The van der Waals surface area contributed by atoms with Gasteiger partial charge in [0, 0.05) is 30.8 Å². The molecule has 24 heavy (non-hydrogen) atoms. The first-order valence-corrected chi connectivity index (χ1v) is 6.96. The van der Waals surface area contributed by atoms with Crippen molar-refractivity contribution >= 4 is 29.3 Å². The molecule has 2 rings (SSSR count). The van der Waals surface area contributed by atoms with E-state index in [1.54, 1.807) is 30.3 Å². The van der Waals surface area contributed by atoms with Crippen molar-refractivity contribution < 1.29 is 19.2 Å². The van der Waals surface area contributed by atoms with Crippen molar-refractivity contribution in [2.45, 2.75) is 6.92 Å². The Bertz CT molecular complexity index is 780. The lowest BCUT2D eigenvalue weighted by Gasteiger charge is -2.02. The first-order valence-electron chi connectivity index (χ1n) is 6.96. The number of carbonyl (C=O) groups excluding carboxylic acids is 2. The van der Waals surface area contributed by atoms with Crippen LogP contribution in [-0.2, 0) is 9.59 Å². The van der Waals surface area contributed by atoms with Crippen LogP contribution >= 0.6 is 0 Å². The van der Waals surface area contributed by atoms with E-state index in [2.05, 4.69) is 5.32 Å². The molecule has 0 saturated heterocycles. The summed E-state index contributed by atoms with van der Waals surface area (Å²) in [6.07, 6.45) is 2.81. The molecule has 0 bridgehead atoms. The van der Waals surface area contributed by atoms with Gasteiger partial charge in [-0.25, -0.2) is 4.79 Å². The molecule has 122 valence electrons. The molecule has 0 heterocycles. The number of benzene rings is 2. The van der Waals surface area contributed by atoms with E-state index in [9.17, 15) is 19.7 Å². The van der Waals surface area contributed by atoms with E-state index in [0.717, 1.165) is 5.56 Å². The van der Waals surface area contributed by atoms with Gasteiger partial charge >= 0.3 is 5.97 Å². The topological polar surface area (TPSA) is 98.5 Å². The van der Waals surface area contributed by atoms with Crippen LogP contribution in [-0.4, -0.2) is 16.8 Å². The molecule has 7 heteroatoms. The number of hydrogen-bond donors (Lipinski definition) is 1. The van der Waals surface area contributed by atoms with E-state index in [1.165, 1.54) is 37.3 Å². The van der Waals surface area contributed by atoms with Gasteiger partial charge in [-0.15, -0.1) is 0 Å². The smallest absolute Gasteiger partial charge is 0.336 e. The molecule has 0 atom stereocenters. The molecule has 0 aliphatic carbocycles. The Morgan fingerprint density at radius 2 is 1.71 bits per heavy atom. The Kier molecular flexibility index (Phi) is 5.40. The SMILES string of the molecule is CC(=O)Nc1ccc(C=CC(=O)Oc2ccc([N+](=O)[O-])cc2)cc1. The predicted octanol–water partition coefficient (Wildman–Crippen LogP) is 3.17. The Morgan fingerprint density at radius 1 is 1.08 bits per heavy atom. The molecular formula is C17H14N2O5. The molecule has 7 nitrogen and oxygen atoms in total. The van der Waals surface area contributed by atoms with E-state index >= 15 is 0 Å². The van der Waals surface area contributed by atoms with Gasteiger partial charge in [0.05, 0.1) is 4.92 Å². The number of hydrogen-bond acceptors (Lipinski definition) is 5. The van der Waals surface area contributed by atoms with Crippen LogP contribution < -0.4 is 10.1 Å². The van der Waals surface area contributed by atoms with Crippen molar-refractivity contribution in [1.29, 1.82) is 0 Å². The predicted molar refractivity (Wildman–Crippen MR) is 88.5 cm³/mol. The van der Waals surface area contributed by atoms with Crippen LogP contribution in [0.25, 0.3) is 6.08 Å². The fraction of sp³-hybridized carbons (Fsp3) is 0.0588. The highest BCUT2D eigenvalue weighted by Crippen LogP contribution is 2.17. The normalized spacial score (nSPS) is 10.4. The van der Waals surface area contributed by atoms with E-state index in [-0.39, 0.29) is 17.3 Å². The van der Waals surface area contributed by atoms with E-state index in [4.69, 9.17) is 4.74 Å². The van der Waals surface area contributed by atoms with Crippen LogP contribution in [0.15, 0.2) is 54.6 Å². The third-order valence-corrected chi connectivity index (χ3v) is 2.91. The second-order valence-electron chi connectivity index (χ2n) is 4.81. The minimum absolute atomic E-state index is 0.0791. The fourth-order valence-corrected chi connectivity index (χ4v) is 1.83. The molecule has 0 aliphatic heterocycles. The third-order valence-electron chi connectivity index (χ3n) is 2.91. The van der Waals surface area contributed by atoms with Gasteiger partial charge in [0.15, 0.2) is 0 Å². The first kappa shape index (κ1) is 16.9. The quantitative estimate of drug-likeness (QED) is 0.299. The number of nitro benzene ring substituents is 1. The monoisotopic (exact) mass is 326 g/mol. The highest BCUT2D eigenvalue weighted by molar-refractivity contribution is 5.90. The molecule has 0 saturated carbocycles. The van der Waals surface area contributed by atoms with Gasteiger partial charge in [-0.1, -0.05) is 12.1 Å². The zero-order valence-electron chi connectivity index (χ0n) is 12.8. The lowest BCUT2D eigenvalue weighted by molar-refractivity contribution is -0.384. The molecule has 1 amide bonds. The number of nitrogens with one attached hydrogen (secondary N) is 1. The van der Waals surface area contributed by atoms with Crippen LogP contribution in [0.4, 0.5) is 11.4 Å². The van der Waals surface area contributed by atoms with Crippen LogP contribution in [0.5, 0.6) is 5.75 Å². The van der Waals surface area contributed by atoms with Crippen LogP contribution in [0.2, 0.25) is 0 Å². The number of ether oxygens (including phenoxy) is 1.